The van der Waals surface area contributed by atoms with Crippen LogP contribution in [0.1, 0.15) is 74.7 Å². The monoisotopic (exact) mass is 562 g/mol. The first-order chi connectivity index (χ1) is 18.1. The first-order valence-corrected chi connectivity index (χ1v) is 15.3. The van der Waals surface area contributed by atoms with Gasteiger partial charge < -0.3 is 19.6 Å². The van der Waals surface area contributed by atoms with Crippen LogP contribution in [-0.4, -0.2) is 80.1 Å². The van der Waals surface area contributed by atoms with Crippen LogP contribution < -0.4 is 0 Å². The standard InChI is InChI=1S/C31H50N2O5S/c1-11-13-15-38-28(37)23-22-16-20(5)31(39-22)24(23)26(35)33(21(17-34)19(3)4)25(31)27(36)32(14-12-2)30(9,10)18-29(6,7)8/h11-12,19-25,34H,1-2,13-18H2,3-10H3/t20?,21-,22-,23+,24-,25?,31?/m0/s1. The molecule has 0 aromatic heterocycles. The molecule has 3 heterocycles. The first kappa shape index (κ1) is 31.7. The van der Waals surface area contributed by atoms with E-state index < -0.39 is 34.2 Å². The highest BCUT2D eigenvalue weighted by molar-refractivity contribution is 8.02. The van der Waals surface area contributed by atoms with Crippen molar-refractivity contribution in [1.29, 1.82) is 0 Å². The molecule has 1 spiro atoms. The van der Waals surface area contributed by atoms with E-state index in [1.807, 2.05) is 18.7 Å². The summed E-state index contributed by atoms with van der Waals surface area (Å²) in [4.78, 5) is 46.3. The molecule has 7 nitrogen and oxygen atoms in total. The molecular formula is C31H50N2O5S. The normalized spacial score (nSPS) is 30.9. The summed E-state index contributed by atoms with van der Waals surface area (Å²) in [6.07, 6.45) is 5.49. The Bertz CT molecular complexity index is 973. The van der Waals surface area contributed by atoms with Crippen molar-refractivity contribution in [2.24, 2.45) is 29.1 Å². The predicted molar refractivity (Wildman–Crippen MR) is 157 cm³/mol. The van der Waals surface area contributed by atoms with Gasteiger partial charge >= 0.3 is 5.97 Å². The summed E-state index contributed by atoms with van der Waals surface area (Å²) in [6, 6.07) is -1.32. The molecule has 2 bridgehead atoms. The Kier molecular flexibility index (Phi) is 9.43. The number of amides is 2. The number of esters is 1. The van der Waals surface area contributed by atoms with Gasteiger partial charge in [0, 0.05) is 17.3 Å². The topological polar surface area (TPSA) is 87.2 Å². The van der Waals surface area contributed by atoms with Crippen molar-refractivity contribution in [1.82, 2.24) is 9.80 Å². The van der Waals surface area contributed by atoms with Crippen molar-refractivity contribution in [3.63, 3.8) is 0 Å². The van der Waals surface area contributed by atoms with Gasteiger partial charge in [-0.05, 0) is 50.4 Å². The summed E-state index contributed by atoms with van der Waals surface area (Å²) in [7, 11) is 0. The van der Waals surface area contributed by atoms with Gasteiger partial charge in [0.15, 0.2) is 0 Å². The minimum absolute atomic E-state index is 0.0328. The molecule has 1 N–H and O–H groups in total. The predicted octanol–water partition coefficient (Wildman–Crippen LogP) is 4.69. The van der Waals surface area contributed by atoms with Gasteiger partial charge in [-0.1, -0.05) is 53.7 Å². The van der Waals surface area contributed by atoms with Gasteiger partial charge in [0.2, 0.25) is 11.8 Å². The van der Waals surface area contributed by atoms with Crippen molar-refractivity contribution < 1.29 is 24.2 Å². The largest absolute Gasteiger partial charge is 0.465 e. The number of carbonyl (C=O) groups is 3. The number of fused-ring (bicyclic) bond motifs is 1. The van der Waals surface area contributed by atoms with Gasteiger partial charge in [-0.25, -0.2) is 0 Å². The number of aliphatic hydroxyl groups excluding tert-OH is 1. The molecule has 0 aromatic rings. The fraction of sp³-hybridized carbons (Fsp3) is 0.774. The Hall–Kier alpha value is -1.80. The molecule has 2 amide bonds. The number of aliphatic hydroxyl groups is 1. The zero-order chi connectivity index (χ0) is 29.5. The molecule has 220 valence electrons. The Morgan fingerprint density at radius 2 is 1.87 bits per heavy atom. The van der Waals surface area contributed by atoms with Gasteiger partial charge in [0.05, 0.1) is 35.8 Å². The molecule has 39 heavy (non-hydrogen) atoms. The number of hydrogen-bond donors (Lipinski definition) is 1. The van der Waals surface area contributed by atoms with Gasteiger partial charge in [-0.15, -0.1) is 24.9 Å². The Morgan fingerprint density at radius 1 is 1.23 bits per heavy atom. The molecule has 3 aliphatic rings. The van der Waals surface area contributed by atoms with Crippen LogP contribution in [0.15, 0.2) is 25.3 Å². The van der Waals surface area contributed by atoms with Crippen molar-refractivity contribution in [3.8, 4) is 0 Å². The fourth-order valence-electron chi connectivity index (χ4n) is 7.63. The number of hydrogen-bond acceptors (Lipinski definition) is 6. The Labute approximate surface area is 239 Å². The van der Waals surface area contributed by atoms with E-state index in [4.69, 9.17) is 4.74 Å². The number of rotatable bonds is 12. The maximum atomic E-state index is 14.9. The van der Waals surface area contributed by atoms with E-state index in [0.717, 1.165) is 12.8 Å². The van der Waals surface area contributed by atoms with Gasteiger partial charge in [-0.2, -0.15) is 0 Å². The number of thioether (sulfide) groups is 1. The molecular weight excluding hydrogens is 512 g/mol. The summed E-state index contributed by atoms with van der Waals surface area (Å²) in [5.41, 5.74) is -0.540. The SMILES string of the molecule is C=CCCOC(=O)[C@@H]1[C@@H]2CC(C)C3(S2)C(C(=O)N(CC=C)C(C)(C)CC(C)(C)C)N([C@@H](CO)C(C)C)C(=O)[C@H]13. The molecule has 3 unspecified atom stereocenters. The second-order valence-corrected chi connectivity index (χ2v) is 15.4. The van der Waals surface area contributed by atoms with Crippen LogP contribution in [0.5, 0.6) is 0 Å². The maximum Gasteiger partial charge on any atom is 0.310 e. The van der Waals surface area contributed by atoms with E-state index in [1.165, 1.54) is 0 Å². The van der Waals surface area contributed by atoms with Crippen LogP contribution in [0, 0.1) is 29.1 Å². The molecule has 7 atom stereocenters. The molecule has 0 saturated carbocycles. The quantitative estimate of drug-likeness (QED) is 0.211. The van der Waals surface area contributed by atoms with E-state index in [1.54, 1.807) is 28.8 Å². The van der Waals surface area contributed by atoms with Crippen LogP contribution in [-0.2, 0) is 19.1 Å². The molecule has 0 aromatic carbocycles. The van der Waals surface area contributed by atoms with Crippen LogP contribution in [0.2, 0.25) is 0 Å². The summed E-state index contributed by atoms with van der Waals surface area (Å²) >= 11 is 1.64. The third-order valence-electron chi connectivity index (χ3n) is 8.84. The summed E-state index contributed by atoms with van der Waals surface area (Å²) in [6.45, 7) is 24.6. The maximum absolute atomic E-state index is 14.9. The zero-order valence-corrected chi connectivity index (χ0v) is 26.1. The van der Waals surface area contributed by atoms with Crippen LogP contribution >= 0.6 is 11.8 Å². The molecule has 8 heteroatoms. The van der Waals surface area contributed by atoms with Gasteiger partial charge in [0.1, 0.15) is 6.04 Å². The lowest BCUT2D eigenvalue weighted by molar-refractivity contribution is -0.155. The Morgan fingerprint density at radius 3 is 2.38 bits per heavy atom. The summed E-state index contributed by atoms with van der Waals surface area (Å²) in [5.74, 6) is -2.00. The van der Waals surface area contributed by atoms with Crippen LogP contribution in [0.25, 0.3) is 0 Å². The number of carbonyl (C=O) groups excluding carboxylic acids is 3. The van der Waals surface area contributed by atoms with Crippen LogP contribution in [0.4, 0.5) is 0 Å². The van der Waals surface area contributed by atoms with E-state index >= 15 is 0 Å². The average molecular weight is 563 g/mol. The van der Waals surface area contributed by atoms with Gasteiger partial charge in [-0.3, -0.25) is 14.4 Å². The third-order valence-corrected chi connectivity index (χ3v) is 10.9. The third kappa shape index (κ3) is 5.57. The lowest BCUT2D eigenvalue weighted by Gasteiger charge is -2.48. The molecule has 3 saturated heterocycles. The lowest BCUT2D eigenvalue weighted by atomic mass is 9.66. The minimum Gasteiger partial charge on any atom is -0.465 e. The molecule has 3 rings (SSSR count). The van der Waals surface area contributed by atoms with Crippen molar-refractivity contribution in [2.75, 3.05) is 19.8 Å². The number of nitrogens with zero attached hydrogens (tertiary/aromatic N) is 2. The van der Waals surface area contributed by atoms with E-state index in [-0.39, 0.29) is 53.5 Å². The highest BCUT2D eigenvalue weighted by atomic mass is 32.2. The summed E-state index contributed by atoms with van der Waals surface area (Å²) < 4.78 is 4.85. The van der Waals surface area contributed by atoms with Crippen LogP contribution in [0.3, 0.4) is 0 Å². The molecule has 0 aliphatic carbocycles. The second kappa shape index (κ2) is 11.6. The number of ether oxygens (including phenoxy) is 1. The van der Waals surface area contributed by atoms with E-state index in [2.05, 4.69) is 54.7 Å². The van der Waals surface area contributed by atoms with E-state index in [9.17, 15) is 19.5 Å². The van der Waals surface area contributed by atoms with Crippen molar-refractivity contribution in [2.45, 2.75) is 102 Å². The molecule has 3 fully saturated rings. The Balaban J connectivity index is 2.15. The van der Waals surface area contributed by atoms with Crippen molar-refractivity contribution in [3.05, 3.63) is 25.3 Å². The number of likely N-dealkylation sites (tertiary alicyclic amines) is 1. The average Bonchev–Trinajstić information content (AvgIpc) is 3.40. The smallest absolute Gasteiger partial charge is 0.310 e. The van der Waals surface area contributed by atoms with Crippen molar-refractivity contribution >= 4 is 29.5 Å². The summed E-state index contributed by atoms with van der Waals surface area (Å²) in [5, 5.41) is 10.4. The van der Waals surface area contributed by atoms with E-state index in [0.29, 0.717) is 13.0 Å². The second-order valence-electron chi connectivity index (χ2n) is 13.8. The highest BCUT2D eigenvalue weighted by Crippen LogP contribution is 2.69. The highest BCUT2D eigenvalue weighted by Gasteiger charge is 2.77. The molecule has 0 radical (unpaired) electrons. The first-order valence-electron chi connectivity index (χ1n) is 14.4. The minimum atomic E-state index is -0.787. The molecule has 3 aliphatic heterocycles. The zero-order valence-electron chi connectivity index (χ0n) is 25.2. The van der Waals surface area contributed by atoms with Gasteiger partial charge in [0.25, 0.3) is 0 Å². The lowest BCUT2D eigenvalue weighted by Crippen LogP contribution is -2.63. The fourth-order valence-corrected chi connectivity index (χ4v) is 10.0.